The van der Waals surface area contributed by atoms with Crippen molar-refractivity contribution < 1.29 is 12.6 Å². The van der Waals surface area contributed by atoms with Crippen LogP contribution in [0.4, 0.5) is 0 Å². The molecule has 0 aromatic heterocycles. The van der Waals surface area contributed by atoms with Gasteiger partial charge in [-0.25, -0.2) is 0 Å². The number of rotatable bonds is 4. The van der Waals surface area contributed by atoms with Gasteiger partial charge in [0.15, 0.2) is 0 Å². The lowest BCUT2D eigenvalue weighted by Crippen LogP contribution is -1.87. The summed E-state index contributed by atoms with van der Waals surface area (Å²) in [5.41, 5.74) is 0. The van der Waals surface area contributed by atoms with Gasteiger partial charge in [-0.2, -0.15) is 8.42 Å². The van der Waals surface area contributed by atoms with Gasteiger partial charge < -0.3 is 0 Å². The molecule has 3 nitrogen and oxygen atoms in total. The third-order valence-electron chi connectivity index (χ3n) is 0.700. The Kier molecular flexibility index (Phi) is 17.5. The van der Waals surface area contributed by atoms with E-state index >= 15 is 0 Å². The summed E-state index contributed by atoms with van der Waals surface area (Å²) in [5, 5.41) is 0. The van der Waals surface area contributed by atoms with Crippen LogP contribution in [0.25, 0.3) is 0 Å². The van der Waals surface area contributed by atoms with E-state index in [4.69, 9.17) is 0 Å². The second kappa shape index (κ2) is 12.1. The second-order valence-corrected chi connectivity index (χ2v) is 37.4. The molecule has 0 amide bonds. The molecule has 0 aliphatic heterocycles. The van der Waals surface area contributed by atoms with Crippen molar-refractivity contribution >= 4 is 105 Å². The first-order chi connectivity index (χ1) is 6.65. The fraction of sp³-hybridized carbons (Fsp3) is 1.00. The van der Waals surface area contributed by atoms with E-state index in [2.05, 4.69) is 72.6 Å². The van der Waals surface area contributed by atoms with Gasteiger partial charge in [0, 0.05) is 15.6 Å². The summed E-state index contributed by atoms with van der Waals surface area (Å²) in [7, 11) is 14.5. The van der Waals surface area contributed by atoms with E-state index in [0.29, 0.717) is 0 Å². The molecule has 14 heteroatoms. The molecule has 7 atom stereocenters. The monoisotopic (exact) mass is 514 g/mol. The molecule has 0 bridgehead atoms. The lowest BCUT2D eigenvalue weighted by atomic mass is 11.8. The molecule has 0 aliphatic rings. The van der Waals surface area contributed by atoms with Crippen molar-refractivity contribution in [1.82, 2.24) is 0 Å². The molecule has 0 aliphatic carbocycles. The van der Waals surface area contributed by atoms with Crippen molar-refractivity contribution in [3.05, 3.63) is 0 Å². The van der Waals surface area contributed by atoms with Gasteiger partial charge in [0.05, 0.1) is 7.11 Å². The van der Waals surface area contributed by atoms with Crippen molar-refractivity contribution in [2.24, 2.45) is 0 Å². The van der Waals surface area contributed by atoms with Crippen LogP contribution in [0.15, 0.2) is 0 Å². The summed E-state index contributed by atoms with van der Waals surface area (Å²) in [6, 6.07) is 0. The van der Waals surface area contributed by atoms with Gasteiger partial charge in [0.25, 0.3) is 0 Å². The molecule has 0 N–H and O–H groups in total. The minimum Gasteiger partial charge on any atom is -0.261 e. The second-order valence-electron chi connectivity index (χ2n) is 1.65. The van der Waals surface area contributed by atoms with E-state index in [1.807, 2.05) is 0 Å². The Bertz CT molecular complexity index is 246. The third kappa shape index (κ3) is 16.3. The predicted octanol–water partition coefficient (Wildman–Crippen LogP) is 5.48. The Hall–Kier alpha value is 4.37. The molecule has 0 fully saturated rings. The van der Waals surface area contributed by atoms with E-state index in [1.165, 1.54) is 0 Å². The lowest BCUT2D eigenvalue weighted by Gasteiger charge is -2.19. The summed E-state index contributed by atoms with van der Waals surface area (Å²) >= 11 is 2.61. The van der Waals surface area contributed by atoms with Gasteiger partial charge >= 0.3 is 9.33 Å². The van der Waals surface area contributed by atoms with Crippen molar-refractivity contribution in [3.63, 3.8) is 0 Å². The maximum atomic E-state index is 9.54. The average molecular weight is 514 g/mol. The summed E-state index contributed by atoms with van der Waals surface area (Å²) < 4.78 is 22.8. The summed E-state index contributed by atoms with van der Waals surface area (Å²) in [5.74, 6) is 0. The molecule has 0 heterocycles. The van der Waals surface area contributed by atoms with Crippen LogP contribution in [0.3, 0.4) is 0 Å². The maximum absolute atomic E-state index is 9.54. The molecular weight excluding hydrogens is 502 g/mol. The Morgan fingerprint density at radius 3 is 1.80 bits per heavy atom. The average Bonchev–Trinajstić information content (AvgIpc) is 2.15. The fourth-order valence-corrected chi connectivity index (χ4v) is 45.2. The highest BCUT2D eigenvalue weighted by atomic mass is 127. The van der Waals surface area contributed by atoms with Gasteiger partial charge in [-0.3, -0.25) is 4.18 Å². The van der Waals surface area contributed by atoms with Crippen molar-refractivity contribution in [2.45, 2.75) is 0 Å². The zero-order valence-electron chi connectivity index (χ0n) is 7.54. The van der Waals surface area contributed by atoms with Gasteiger partial charge in [0.2, 0.25) is 0 Å². The molecule has 0 radical (unpaired) electrons. The van der Waals surface area contributed by atoms with E-state index in [-0.39, 0.29) is 18.9 Å². The summed E-state index contributed by atoms with van der Waals surface area (Å²) in [4.78, 5) is 0.279. The largest absolute Gasteiger partial charge is 0.355 e. The lowest BCUT2D eigenvalue weighted by molar-refractivity contribution is 0.412. The van der Waals surface area contributed by atoms with Gasteiger partial charge in [0.1, 0.15) is 0 Å². The highest BCUT2D eigenvalue weighted by Gasteiger charge is 2.14. The molecule has 0 spiro atoms. The van der Waals surface area contributed by atoms with Crippen LogP contribution in [0.1, 0.15) is 0 Å². The first-order valence-corrected chi connectivity index (χ1v) is 21.9. The van der Waals surface area contributed by atoms with Crippen LogP contribution in [0.2, 0.25) is 0 Å². The van der Waals surface area contributed by atoms with Crippen molar-refractivity contribution in [3.8, 4) is 0 Å². The number of hydrogen-bond donors (Lipinski definition) is 0. The Morgan fingerprint density at radius 2 is 1.73 bits per heavy atom. The molecule has 0 rings (SSSR count). The highest BCUT2D eigenvalue weighted by Crippen LogP contribution is 3.03. The standard InChI is InChI=1S/CH3ClO3S.H9IP8/c1-5-6(2,3)4;1-7(8(3)4)9(5)6-2/h1H3;6H,2-5H2. The van der Waals surface area contributed by atoms with Crippen LogP contribution < -0.4 is 0 Å². The molecule has 0 aromatic carbocycles. The quantitative estimate of drug-likeness (QED) is 0.284. The molecular formula is CH12ClIO3P8S. The molecule has 0 aromatic rings. The summed E-state index contributed by atoms with van der Waals surface area (Å²) in [6.07, 6.45) is 0. The molecule has 7 unspecified atom stereocenters. The van der Waals surface area contributed by atoms with E-state index < -0.39 is 9.33 Å². The van der Waals surface area contributed by atoms with Crippen LogP contribution in [0, 0.1) is 0 Å². The smallest absolute Gasteiger partial charge is 0.261 e. The zero-order chi connectivity index (χ0) is 12.6. The molecule has 94 valence electrons. The topological polar surface area (TPSA) is 43.4 Å². The van der Waals surface area contributed by atoms with Gasteiger partial charge in [-0.15, -0.1) is 35.7 Å². The summed E-state index contributed by atoms with van der Waals surface area (Å²) in [6.45, 7) is 0.446. The Balaban J connectivity index is 0. The zero-order valence-corrected chi connectivity index (χ0v) is 19.6. The van der Waals surface area contributed by atoms with E-state index in [9.17, 15) is 8.42 Å². The fourth-order valence-electron chi connectivity index (χ4n) is 0.159. The van der Waals surface area contributed by atoms with Crippen molar-refractivity contribution in [2.75, 3.05) is 7.11 Å². The van der Waals surface area contributed by atoms with Crippen molar-refractivity contribution in [1.29, 1.82) is 0 Å². The van der Waals surface area contributed by atoms with Gasteiger partial charge in [-0.1, -0.05) is 7.96 Å². The number of halogens is 2. The van der Waals surface area contributed by atoms with Crippen LogP contribution in [-0.4, -0.2) is 15.5 Å². The van der Waals surface area contributed by atoms with Crippen LogP contribution in [0.5, 0.6) is 0 Å². The third-order valence-corrected chi connectivity index (χ3v) is 58.4. The molecule has 0 saturated heterocycles. The van der Waals surface area contributed by atoms with E-state index in [1.54, 1.807) is 0 Å². The van der Waals surface area contributed by atoms with E-state index in [0.717, 1.165) is 15.1 Å². The molecule has 0 saturated carbocycles. The normalized spacial score (nSPS) is 16.3. The Labute approximate surface area is 123 Å². The highest BCUT2D eigenvalue weighted by molar-refractivity contribution is 14.2. The van der Waals surface area contributed by atoms with Crippen LogP contribution in [-0.2, 0) is 13.5 Å². The maximum Gasteiger partial charge on any atom is 0.355 e. The van der Waals surface area contributed by atoms with Crippen LogP contribution >= 0.6 is 95.3 Å². The first kappa shape index (κ1) is 21.7. The number of hydrogen-bond acceptors (Lipinski definition) is 3. The molecule has 15 heavy (non-hydrogen) atoms. The SMILES string of the molecule is COS(=O)(=O)Cl.PPP(P)P(I)P(P)P. The minimum absolute atomic E-state index is 0.179. The van der Waals surface area contributed by atoms with Gasteiger partial charge in [-0.05, 0) is 36.0 Å². The first-order valence-electron chi connectivity index (χ1n) is 2.92. The Morgan fingerprint density at radius 1 is 1.40 bits per heavy atom. The minimum atomic E-state index is -3.69. The predicted molar refractivity (Wildman–Crippen MR) is 104 cm³/mol.